The van der Waals surface area contributed by atoms with Crippen molar-refractivity contribution in [3.05, 3.63) is 81.0 Å². The molecule has 0 aliphatic carbocycles. The molecule has 0 unspecified atom stereocenters. The van der Waals surface area contributed by atoms with Gasteiger partial charge in [0.05, 0.1) is 28.5 Å². The number of ketones is 1. The number of Topliss-reactive ketones (excluding diaryl/α,β-unsaturated/α-hetero) is 1. The third-order valence-electron chi connectivity index (χ3n) is 5.43. The van der Waals surface area contributed by atoms with E-state index in [9.17, 15) is 28.0 Å². The number of aromatic nitrogens is 7. The van der Waals surface area contributed by atoms with Gasteiger partial charge in [-0.05, 0) is 59.7 Å². The first-order valence-corrected chi connectivity index (χ1v) is 11.4. The second kappa shape index (κ2) is 10.8. The first-order valence-electron chi connectivity index (χ1n) is 11.1. The minimum absolute atomic E-state index is 0.0318. The van der Waals surface area contributed by atoms with Crippen LogP contribution in [0.5, 0.6) is 0 Å². The van der Waals surface area contributed by atoms with E-state index in [1.54, 1.807) is 25.1 Å². The highest BCUT2D eigenvalue weighted by Crippen LogP contribution is 2.26. The maximum atomic E-state index is 13.6. The van der Waals surface area contributed by atoms with Gasteiger partial charge in [0.25, 0.3) is 11.7 Å². The van der Waals surface area contributed by atoms with Crippen LogP contribution >= 0.6 is 11.6 Å². The summed E-state index contributed by atoms with van der Waals surface area (Å²) >= 11 is 6.29. The minimum atomic E-state index is -4.76. The molecule has 3 aromatic heterocycles. The molecule has 0 atom stereocenters. The summed E-state index contributed by atoms with van der Waals surface area (Å²) in [6, 6.07) is 9.46. The van der Waals surface area contributed by atoms with E-state index < -0.39 is 23.7 Å². The summed E-state index contributed by atoms with van der Waals surface area (Å²) in [5.74, 6) is -2.23. The number of rotatable bonds is 7. The molecule has 0 saturated carbocycles. The lowest BCUT2D eigenvalue weighted by molar-refractivity contribution is -0.145. The number of tetrazole rings is 1. The predicted molar refractivity (Wildman–Crippen MR) is 132 cm³/mol. The smallest absolute Gasteiger partial charge is 0.355 e. The number of aryl methyl sites for hydroxylation is 1. The molecule has 0 fully saturated rings. The van der Waals surface area contributed by atoms with Crippen molar-refractivity contribution in [3.8, 4) is 11.9 Å². The largest absolute Gasteiger partial charge is 0.455 e. The van der Waals surface area contributed by atoms with E-state index in [0.717, 1.165) is 6.20 Å². The Balaban J connectivity index is 1.75. The highest BCUT2D eigenvalue weighted by atomic mass is 35.5. The Bertz CT molecular complexity index is 1650. The molecule has 0 aliphatic rings. The predicted octanol–water partition coefficient (Wildman–Crippen LogP) is 3.52. The van der Waals surface area contributed by atoms with Gasteiger partial charge in [-0.2, -0.15) is 23.5 Å². The van der Waals surface area contributed by atoms with Crippen LogP contribution in [0.15, 0.2) is 36.5 Å². The van der Waals surface area contributed by atoms with Gasteiger partial charge < -0.3 is 5.32 Å². The van der Waals surface area contributed by atoms with Gasteiger partial charge in [0.1, 0.15) is 5.69 Å². The monoisotopic (exact) mass is 555 g/mol. The van der Waals surface area contributed by atoms with Gasteiger partial charge in [-0.15, -0.1) is 15.0 Å². The molecule has 11 nitrogen and oxygen atoms in total. The lowest BCUT2D eigenvalue weighted by Gasteiger charge is -2.13. The Kier molecular flexibility index (Phi) is 7.54. The zero-order valence-electron chi connectivity index (χ0n) is 20.2. The van der Waals surface area contributed by atoms with Crippen LogP contribution in [0.1, 0.15) is 49.1 Å². The molecule has 4 aromatic rings. The van der Waals surface area contributed by atoms with Gasteiger partial charge in [-0.1, -0.05) is 11.6 Å². The lowest BCUT2D eigenvalue weighted by atomic mass is 9.93. The first kappa shape index (κ1) is 27.1. The van der Waals surface area contributed by atoms with Crippen molar-refractivity contribution in [3.63, 3.8) is 0 Å². The van der Waals surface area contributed by atoms with E-state index in [1.165, 1.54) is 36.1 Å². The molecule has 1 amide bonds. The normalized spacial score (nSPS) is 11.5. The number of pyridine rings is 1. The number of alkyl halides is 3. The standard InChI is InChI=1S/C24H17ClF3N9O2/c1-13-8-14(12-29)9-17(22(39)30-2)16(13)11-20(38)19-10-15(33-37(19)21-18(25)4-3-6-31-21)5-7-36-34-23(32-35-36)24(26,27)28/h3-10H,11H2,1-2H3,(H,30,39)/b7-5+. The van der Waals surface area contributed by atoms with Crippen molar-refractivity contribution in [2.75, 3.05) is 7.05 Å². The Morgan fingerprint density at radius 2 is 2.00 bits per heavy atom. The Morgan fingerprint density at radius 3 is 2.64 bits per heavy atom. The fraction of sp³-hybridized carbons (Fsp3) is 0.167. The van der Waals surface area contributed by atoms with Crippen LogP contribution in [0.3, 0.4) is 0 Å². The first-order chi connectivity index (χ1) is 18.5. The summed E-state index contributed by atoms with van der Waals surface area (Å²) in [4.78, 5) is 30.9. The second-order valence-electron chi connectivity index (χ2n) is 8.03. The van der Waals surface area contributed by atoms with E-state index in [4.69, 9.17) is 11.6 Å². The van der Waals surface area contributed by atoms with Crippen molar-refractivity contribution in [2.45, 2.75) is 19.5 Å². The number of carbonyl (C=O) groups excluding carboxylic acids is 2. The van der Waals surface area contributed by atoms with Gasteiger partial charge in [0.2, 0.25) is 0 Å². The van der Waals surface area contributed by atoms with Crippen molar-refractivity contribution in [1.29, 1.82) is 5.26 Å². The van der Waals surface area contributed by atoms with Gasteiger partial charge in [-0.3, -0.25) is 9.59 Å². The number of nitrogens with one attached hydrogen (secondary N) is 1. The summed E-state index contributed by atoms with van der Waals surface area (Å²) in [7, 11) is 1.43. The number of nitriles is 1. The third kappa shape index (κ3) is 5.83. The Morgan fingerprint density at radius 1 is 1.23 bits per heavy atom. The van der Waals surface area contributed by atoms with E-state index in [0.29, 0.717) is 15.9 Å². The Labute approximate surface area is 223 Å². The van der Waals surface area contributed by atoms with Crippen LogP contribution in [0.2, 0.25) is 5.02 Å². The Hall–Kier alpha value is -4.90. The molecule has 1 N–H and O–H groups in total. The SMILES string of the molecule is CNC(=O)c1cc(C#N)cc(C)c1CC(=O)c1cc(/C=C/n2nnc(C(F)(F)F)n2)nn1-c1ncccc1Cl. The number of hydrogen-bond donors (Lipinski definition) is 1. The fourth-order valence-electron chi connectivity index (χ4n) is 3.62. The maximum Gasteiger partial charge on any atom is 0.455 e. The quantitative estimate of drug-likeness (QED) is 0.341. The van der Waals surface area contributed by atoms with E-state index in [1.807, 2.05) is 6.07 Å². The second-order valence-corrected chi connectivity index (χ2v) is 8.44. The molecule has 1 aromatic carbocycles. The van der Waals surface area contributed by atoms with Crippen LogP contribution in [-0.2, 0) is 12.6 Å². The molecule has 0 radical (unpaired) electrons. The minimum Gasteiger partial charge on any atom is -0.355 e. The average Bonchev–Trinajstić information content (AvgIpc) is 3.56. The molecule has 0 aliphatic heterocycles. The summed E-state index contributed by atoms with van der Waals surface area (Å²) < 4.78 is 39.5. The maximum absolute atomic E-state index is 13.6. The summed E-state index contributed by atoms with van der Waals surface area (Å²) in [6.45, 7) is 1.68. The van der Waals surface area contributed by atoms with E-state index >= 15 is 0 Å². The van der Waals surface area contributed by atoms with Gasteiger partial charge in [0, 0.05) is 25.2 Å². The van der Waals surface area contributed by atoms with Crippen molar-refractivity contribution in [1.82, 2.24) is 40.3 Å². The number of amides is 1. The third-order valence-corrected chi connectivity index (χ3v) is 5.72. The van der Waals surface area contributed by atoms with E-state index in [2.05, 4.69) is 30.8 Å². The van der Waals surface area contributed by atoms with Crippen molar-refractivity contribution < 1.29 is 22.8 Å². The molecule has 0 spiro atoms. The molecule has 15 heteroatoms. The molecule has 0 bridgehead atoms. The summed E-state index contributed by atoms with van der Waals surface area (Å²) in [5.41, 5.74) is 1.57. The van der Waals surface area contributed by atoms with Crippen LogP contribution in [-0.4, -0.2) is 53.7 Å². The van der Waals surface area contributed by atoms with Crippen LogP contribution in [0.4, 0.5) is 13.2 Å². The number of benzene rings is 1. The highest BCUT2D eigenvalue weighted by Gasteiger charge is 2.36. The van der Waals surface area contributed by atoms with Gasteiger partial charge in [-0.25, -0.2) is 9.67 Å². The van der Waals surface area contributed by atoms with Crippen LogP contribution in [0.25, 0.3) is 18.1 Å². The summed E-state index contributed by atoms with van der Waals surface area (Å²) in [6.07, 6.45) is -1.20. The van der Waals surface area contributed by atoms with Crippen LogP contribution in [0, 0.1) is 18.3 Å². The van der Waals surface area contributed by atoms with E-state index in [-0.39, 0.29) is 39.8 Å². The number of nitrogens with zero attached hydrogens (tertiary/aromatic N) is 8. The van der Waals surface area contributed by atoms with Crippen molar-refractivity contribution in [2.24, 2.45) is 0 Å². The number of halogens is 4. The summed E-state index contributed by atoms with van der Waals surface area (Å²) in [5, 5.41) is 25.8. The van der Waals surface area contributed by atoms with Crippen LogP contribution < -0.4 is 5.32 Å². The zero-order chi connectivity index (χ0) is 28.3. The molecular formula is C24H17ClF3N9O2. The topological polar surface area (TPSA) is 144 Å². The average molecular weight is 556 g/mol. The molecule has 3 heterocycles. The van der Waals surface area contributed by atoms with Gasteiger partial charge >= 0.3 is 6.18 Å². The zero-order valence-corrected chi connectivity index (χ0v) is 21.0. The number of carbonyl (C=O) groups is 2. The molecule has 4 rings (SSSR count). The highest BCUT2D eigenvalue weighted by molar-refractivity contribution is 6.32. The van der Waals surface area contributed by atoms with Gasteiger partial charge in [0.15, 0.2) is 11.6 Å². The number of hydrogen-bond acceptors (Lipinski definition) is 8. The van der Waals surface area contributed by atoms with Crippen molar-refractivity contribution >= 4 is 35.6 Å². The molecule has 0 saturated heterocycles. The molecular weight excluding hydrogens is 539 g/mol. The molecule has 39 heavy (non-hydrogen) atoms. The fourth-order valence-corrected chi connectivity index (χ4v) is 3.83. The molecule has 198 valence electrons. The lowest BCUT2D eigenvalue weighted by Crippen LogP contribution is -2.22.